The zero-order valence-corrected chi connectivity index (χ0v) is 14.9. The van der Waals surface area contributed by atoms with E-state index in [1.54, 1.807) is 0 Å². The predicted octanol–water partition coefficient (Wildman–Crippen LogP) is 4.15. The van der Waals surface area contributed by atoms with Gasteiger partial charge in [0.1, 0.15) is 0 Å². The minimum Gasteiger partial charge on any atom is -0.262 e. The molecule has 0 aliphatic rings. The second-order valence-corrected chi connectivity index (χ2v) is 5.65. The van der Waals surface area contributed by atoms with Crippen molar-refractivity contribution in [2.24, 2.45) is 0 Å². The van der Waals surface area contributed by atoms with Crippen molar-refractivity contribution in [3.8, 4) is 11.8 Å². The highest BCUT2D eigenvalue weighted by molar-refractivity contribution is 6.01. The molecule has 0 aromatic heterocycles. The lowest BCUT2D eigenvalue weighted by atomic mass is 10.2. The average molecular weight is 349 g/mol. The molecule has 5 heteroatoms. The first kappa shape index (κ1) is 19.1. The van der Waals surface area contributed by atoms with Gasteiger partial charge in [-0.15, -0.1) is 0 Å². The number of benzene rings is 2. The minimum absolute atomic E-state index is 0.469. The smallest absolute Gasteiger partial charge is 0.262 e. The van der Waals surface area contributed by atoms with Crippen molar-refractivity contribution >= 4 is 23.3 Å². The summed E-state index contributed by atoms with van der Waals surface area (Å²) < 4.78 is 0. The molecule has 0 bridgehead atoms. The molecule has 0 aliphatic heterocycles. The number of urea groups is 1. The van der Waals surface area contributed by atoms with Crippen molar-refractivity contribution < 1.29 is 9.59 Å². The van der Waals surface area contributed by atoms with Gasteiger partial charge in [0.15, 0.2) is 0 Å². The number of hydrogen-bond acceptors (Lipinski definition) is 2. The molecule has 2 N–H and O–H groups in total. The number of anilines is 2. The summed E-state index contributed by atoms with van der Waals surface area (Å²) >= 11 is 0. The van der Waals surface area contributed by atoms with E-state index in [0.29, 0.717) is 17.8 Å². The lowest BCUT2D eigenvalue weighted by molar-refractivity contribution is -0.116. The molecular formula is C21H23N3O2. The molecule has 0 saturated carbocycles. The summed E-state index contributed by atoms with van der Waals surface area (Å²) in [5, 5.41) is 0. The lowest BCUT2D eigenvalue weighted by Gasteiger charge is -2.23. The second kappa shape index (κ2) is 10.6. The van der Waals surface area contributed by atoms with Crippen molar-refractivity contribution in [2.45, 2.75) is 32.6 Å². The quantitative estimate of drug-likeness (QED) is 0.484. The van der Waals surface area contributed by atoms with E-state index in [2.05, 4.69) is 29.6 Å². The normalized spacial score (nSPS) is 9.58. The Bertz CT molecular complexity index is 725. The zero-order valence-electron chi connectivity index (χ0n) is 14.9. The number of carbonyl (C=O) groups is 2. The van der Waals surface area contributed by atoms with E-state index in [0.717, 1.165) is 19.3 Å². The molecule has 26 heavy (non-hydrogen) atoms. The maximum atomic E-state index is 12.6. The van der Waals surface area contributed by atoms with Crippen molar-refractivity contribution in [2.75, 3.05) is 4.90 Å². The van der Waals surface area contributed by atoms with Gasteiger partial charge in [-0.05, 0) is 36.6 Å². The van der Waals surface area contributed by atoms with Crippen LogP contribution in [-0.2, 0) is 4.79 Å². The van der Waals surface area contributed by atoms with Crippen LogP contribution in [0.1, 0.15) is 32.6 Å². The Labute approximate surface area is 154 Å². The molecule has 3 amide bonds. The van der Waals surface area contributed by atoms with Gasteiger partial charge in [-0.25, -0.2) is 10.2 Å². The van der Waals surface area contributed by atoms with Crippen LogP contribution in [0.5, 0.6) is 0 Å². The first-order valence-electron chi connectivity index (χ1n) is 8.71. The molecule has 0 aliphatic carbocycles. The number of hydrazine groups is 1. The Balaban J connectivity index is 2.00. The van der Waals surface area contributed by atoms with E-state index >= 15 is 0 Å². The van der Waals surface area contributed by atoms with Crippen LogP contribution >= 0.6 is 0 Å². The third-order valence-electron chi connectivity index (χ3n) is 3.62. The van der Waals surface area contributed by atoms with Crippen LogP contribution in [0.4, 0.5) is 16.2 Å². The molecule has 0 radical (unpaired) electrons. The standard InChI is InChI=1S/C21H23N3O2/c1-2-3-4-5-12-17-20(25)22-23-21(26)24(18-13-8-6-9-14-18)19-15-10-7-11-16-19/h6-11,13-16H,2-5H2,1H3,(H,22,25)(H,23,26). The van der Waals surface area contributed by atoms with Crippen molar-refractivity contribution in [3.05, 3.63) is 60.7 Å². The molecule has 0 fully saturated rings. The molecule has 0 unspecified atom stereocenters. The van der Waals surface area contributed by atoms with Crippen molar-refractivity contribution in [3.63, 3.8) is 0 Å². The highest BCUT2D eigenvalue weighted by Crippen LogP contribution is 2.24. The predicted molar refractivity (Wildman–Crippen MR) is 104 cm³/mol. The van der Waals surface area contributed by atoms with Gasteiger partial charge < -0.3 is 0 Å². The average Bonchev–Trinajstić information content (AvgIpc) is 2.68. The van der Waals surface area contributed by atoms with Crippen molar-refractivity contribution in [1.82, 2.24) is 10.9 Å². The number of nitrogens with zero attached hydrogens (tertiary/aromatic N) is 1. The van der Waals surface area contributed by atoms with Crippen LogP contribution in [0, 0.1) is 11.8 Å². The van der Waals surface area contributed by atoms with Gasteiger partial charge in [0.25, 0.3) is 0 Å². The first-order chi connectivity index (χ1) is 12.7. The summed E-state index contributed by atoms with van der Waals surface area (Å²) in [6.45, 7) is 2.11. The van der Waals surface area contributed by atoms with Gasteiger partial charge in [-0.3, -0.25) is 15.1 Å². The summed E-state index contributed by atoms with van der Waals surface area (Å²) in [6.07, 6.45) is 3.85. The molecular weight excluding hydrogens is 326 g/mol. The van der Waals surface area contributed by atoms with Crippen LogP contribution in [0.2, 0.25) is 0 Å². The van der Waals surface area contributed by atoms with E-state index in [1.807, 2.05) is 60.7 Å². The van der Waals surface area contributed by atoms with E-state index in [9.17, 15) is 9.59 Å². The fraction of sp³-hybridized carbons (Fsp3) is 0.238. The van der Waals surface area contributed by atoms with E-state index < -0.39 is 11.9 Å². The zero-order chi connectivity index (χ0) is 18.6. The van der Waals surface area contributed by atoms with Gasteiger partial charge in [-0.2, -0.15) is 0 Å². The molecule has 2 aromatic rings. The molecule has 0 spiro atoms. The van der Waals surface area contributed by atoms with Crippen LogP contribution < -0.4 is 15.8 Å². The van der Waals surface area contributed by atoms with E-state index in [1.165, 1.54) is 4.90 Å². The van der Waals surface area contributed by atoms with Gasteiger partial charge in [0.2, 0.25) is 0 Å². The molecule has 0 heterocycles. The van der Waals surface area contributed by atoms with Gasteiger partial charge >= 0.3 is 11.9 Å². The fourth-order valence-corrected chi connectivity index (χ4v) is 2.34. The maximum absolute atomic E-state index is 12.6. The minimum atomic E-state index is -0.532. The number of para-hydroxylation sites is 2. The number of rotatable bonds is 5. The Morgan fingerprint density at radius 3 is 2.00 bits per heavy atom. The summed E-state index contributed by atoms with van der Waals surface area (Å²) in [5.41, 5.74) is 6.14. The largest absolute Gasteiger partial charge is 0.345 e. The van der Waals surface area contributed by atoms with Crippen LogP contribution in [-0.4, -0.2) is 11.9 Å². The third-order valence-corrected chi connectivity index (χ3v) is 3.62. The molecule has 2 rings (SSSR count). The fourth-order valence-electron chi connectivity index (χ4n) is 2.34. The van der Waals surface area contributed by atoms with Crippen LogP contribution in [0.15, 0.2) is 60.7 Å². The highest BCUT2D eigenvalue weighted by Gasteiger charge is 2.17. The number of hydrogen-bond donors (Lipinski definition) is 2. The monoisotopic (exact) mass is 349 g/mol. The van der Waals surface area contributed by atoms with E-state index in [-0.39, 0.29) is 0 Å². The number of unbranched alkanes of at least 4 members (excludes halogenated alkanes) is 3. The number of amides is 3. The van der Waals surface area contributed by atoms with Gasteiger partial charge in [0.05, 0.1) is 11.4 Å². The summed E-state index contributed by atoms with van der Waals surface area (Å²) in [4.78, 5) is 25.9. The highest BCUT2D eigenvalue weighted by atomic mass is 16.2. The Hall–Kier alpha value is -3.26. The van der Waals surface area contributed by atoms with Gasteiger partial charge in [0, 0.05) is 6.42 Å². The summed E-state index contributed by atoms with van der Waals surface area (Å²) in [5.74, 6) is 4.76. The first-order valence-corrected chi connectivity index (χ1v) is 8.71. The topological polar surface area (TPSA) is 61.4 Å². The Morgan fingerprint density at radius 1 is 0.885 bits per heavy atom. The Kier molecular flexibility index (Phi) is 7.75. The molecule has 2 aromatic carbocycles. The number of carbonyl (C=O) groups excluding carboxylic acids is 2. The lowest BCUT2D eigenvalue weighted by Crippen LogP contribution is -2.47. The molecule has 5 nitrogen and oxygen atoms in total. The van der Waals surface area contributed by atoms with Crippen LogP contribution in [0.3, 0.4) is 0 Å². The Morgan fingerprint density at radius 2 is 1.46 bits per heavy atom. The van der Waals surface area contributed by atoms with E-state index in [4.69, 9.17) is 0 Å². The second-order valence-electron chi connectivity index (χ2n) is 5.65. The molecule has 0 atom stereocenters. The maximum Gasteiger partial charge on any atom is 0.345 e. The molecule has 0 saturated heterocycles. The van der Waals surface area contributed by atoms with Gasteiger partial charge in [-0.1, -0.05) is 62.1 Å². The number of nitrogens with one attached hydrogen (secondary N) is 2. The van der Waals surface area contributed by atoms with Crippen molar-refractivity contribution in [1.29, 1.82) is 0 Å². The summed E-state index contributed by atoms with van der Waals surface area (Å²) in [6, 6.07) is 18.0. The third kappa shape index (κ3) is 5.99. The molecule has 134 valence electrons. The SMILES string of the molecule is CCCCCC#CC(=O)NNC(=O)N(c1ccccc1)c1ccccc1. The van der Waals surface area contributed by atoms with Crippen LogP contribution in [0.25, 0.3) is 0 Å². The summed E-state index contributed by atoms with van der Waals surface area (Å²) in [7, 11) is 0.